The summed E-state index contributed by atoms with van der Waals surface area (Å²) in [6.07, 6.45) is 12.9. The van der Waals surface area contributed by atoms with Crippen LogP contribution in [0.25, 0.3) is 0 Å². The molecule has 0 spiro atoms. The maximum atomic E-state index is 12.6. The molecule has 0 amide bonds. The highest BCUT2D eigenvalue weighted by molar-refractivity contribution is 5.05. The van der Waals surface area contributed by atoms with Crippen LogP contribution in [0.15, 0.2) is 18.3 Å². The van der Waals surface area contributed by atoms with Gasteiger partial charge in [-0.25, -0.2) is 4.39 Å². The standard InChI is InChI=1S/C15H24FN/c1-2-3-4-5-6-7-8-9-10-15-12-11-14(16)13-17-15/h11-13H,2-10H2,1H3. The zero-order valence-corrected chi connectivity index (χ0v) is 10.9. The van der Waals surface area contributed by atoms with Gasteiger partial charge in [-0.05, 0) is 25.0 Å². The average molecular weight is 237 g/mol. The molecule has 0 radical (unpaired) electrons. The molecule has 0 unspecified atom stereocenters. The summed E-state index contributed by atoms with van der Waals surface area (Å²) < 4.78 is 12.6. The van der Waals surface area contributed by atoms with Gasteiger partial charge in [-0.1, -0.05) is 51.9 Å². The SMILES string of the molecule is CCCCCCCCCCc1ccc(F)cn1. The fourth-order valence-electron chi connectivity index (χ4n) is 1.99. The van der Waals surface area contributed by atoms with Gasteiger partial charge in [0.15, 0.2) is 0 Å². The van der Waals surface area contributed by atoms with E-state index in [4.69, 9.17) is 0 Å². The van der Waals surface area contributed by atoms with Crippen LogP contribution < -0.4 is 0 Å². The van der Waals surface area contributed by atoms with Crippen LogP contribution >= 0.6 is 0 Å². The van der Waals surface area contributed by atoms with Crippen LogP contribution in [-0.2, 0) is 6.42 Å². The number of hydrogen-bond acceptors (Lipinski definition) is 1. The van der Waals surface area contributed by atoms with Crippen LogP contribution in [0.2, 0.25) is 0 Å². The number of pyridine rings is 1. The second-order valence-corrected chi connectivity index (χ2v) is 4.69. The van der Waals surface area contributed by atoms with Gasteiger partial charge in [-0.3, -0.25) is 4.98 Å². The molecule has 0 aromatic carbocycles. The van der Waals surface area contributed by atoms with Crippen molar-refractivity contribution < 1.29 is 4.39 Å². The lowest BCUT2D eigenvalue weighted by Gasteiger charge is -2.02. The largest absolute Gasteiger partial charge is 0.258 e. The molecule has 2 heteroatoms. The molecule has 1 aromatic heterocycles. The van der Waals surface area contributed by atoms with Crippen LogP contribution in [0.1, 0.15) is 64.0 Å². The van der Waals surface area contributed by atoms with Gasteiger partial charge in [0.2, 0.25) is 0 Å². The normalized spacial score (nSPS) is 10.7. The Labute approximate surface area is 104 Å². The van der Waals surface area contributed by atoms with Crippen molar-refractivity contribution in [3.8, 4) is 0 Å². The lowest BCUT2D eigenvalue weighted by Crippen LogP contribution is -1.91. The number of nitrogens with zero attached hydrogens (tertiary/aromatic N) is 1. The van der Waals surface area contributed by atoms with Gasteiger partial charge in [0.1, 0.15) is 5.82 Å². The summed E-state index contributed by atoms with van der Waals surface area (Å²) in [5.41, 5.74) is 1.01. The molecule has 1 rings (SSSR count). The van der Waals surface area contributed by atoms with Gasteiger partial charge in [0.25, 0.3) is 0 Å². The number of unbranched alkanes of at least 4 members (excludes halogenated alkanes) is 7. The number of aryl methyl sites for hydroxylation is 1. The van der Waals surface area contributed by atoms with E-state index in [2.05, 4.69) is 11.9 Å². The molecule has 96 valence electrons. The van der Waals surface area contributed by atoms with Crippen LogP contribution in [0.5, 0.6) is 0 Å². The Morgan fingerprint density at radius 1 is 0.941 bits per heavy atom. The van der Waals surface area contributed by atoms with Crippen LogP contribution in [0, 0.1) is 5.82 Å². The van der Waals surface area contributed by atoms with E-state index in [0.29, 0.717) is 0 Å². The zero-order valence-electron chi connectivity index (χ0n) is 10.9. The fourth-order valence-corrected chi connectivity index (χ4v) is 1.99. The second kappa shape index (κ2) is 9.15. The first kappa shape index (κ1) is 14.1. The molecule has 1 aromatic rings. The third-order valence-corrected chi connectivity index (χ3v) is 3.08. The Kier molecular flexibility index (Phi) is 7.61. The first-order valence-corrected chi connectivity index (χ1v) is 6.93. The van der Waals surface area contributed by atoms with E-state index < -0.39 is 0 Å². The summed E-state index contributed by atoms with van der Waals surface area (Å²) >= 11 is 0. The topological polar surface area (TPSA) is 12.9 Å². The first-order valence-electron chi connectivity index (χ1n) is 6.93. The number of aromatic nitrogens is 1. The Hall–Kier alpha value is -0.920. The van der Waals surface area contributed by atoms with Crippen molar-refractivity contribution in [3.63, 3.8) is 0 Å². The van der Waals surface area contributed by atoms with E-state index in [1.165, 1.54) is 63.6 Å². The minimum atomic E-state index is -0.246. The molecular weight excluding hydrogens is 213 g/mol. The van der Waals surface area contributed by atoms with Crippen LogP contribution in [0.3, 0.4) is 0 Å². The summed E-state index contributed by atoms with van der Waals surface area (Å²) in [5, 5.41) is 0. The maximum Gasteiger partial charge on any atom is 0.141 e. The first-order chi connectivity index (χ1) is 8.33. The van der Waals surface area contributed by atoms with Crippen molar-refractivity contribution in [2.24, 2.45) is 0 Å². The van der Waals surface area contributed by atoms with Gasteiger partial charge < -0.3 is 0 Å². The van der Waals surface area contributed by atoms with Crippen LogP contribution in [0.4, 0.5) is 4.39 Å². The molecule has 0 aliphatic heterocycles. The molecule has 0 saturated heterocycles. The average Bonchev–Trinajstić information content (AvgIpc) is 2.35. The summed E-state index contributed by atoms with van der Waals surface area (Å²) in [7, 11) is 0. The van der Waals surface area contributed by atoms with Gasteiger partial charge >= 0.3 is 0 Å². The van der Waals surface area contributed by atoms with Crippen molar-refractivity contribution >= 4 is 0 Å². The lowest BCUT2D eigenvalue weighted by atomic mass is 10.1. The van der Waals surface area contributed by atoms with Crippen LogP contribution in [-0.4, -0.2) is 4.98 Å². The van der Waals surface area contributed by atoms with E-state index in [9.17, 15) is 4.39 Å². The van der Waals surface area contributed by atoms with Crippen molar-refractivity contribution in [2.45, 2.75) is 64.7 Å². The Morgan fingerprint density at radius 3 is 2.18 bits per heavy atom. The van der Waals surface area contributed by atoms with E-state index >= 15 is 0 Å². The van der Waals surface area contributed by atoms with E-state index in [1.54, 1.807) is 6.07 Å². The molecule has 0 aliphatic rings. The molecule has 1 nitrogen and oxygen atoms in total. The predicted octanol–water partition coefficient (Wildman–Crippen LogP) is 4.90. The molecule has 0 saturated carbocycles. The summed E-state index contributed by atoms with van der Waals surface area (Å²) in [6.45, 7) is 2.25. The minimum absolute atomic E-state index is 0.246. The van der Waals surface area contributed by atoms with Gasteiger partial charge in [0.05, 0.1) is 6.20 Å². The Morgan fingerprint density at radius 2 is 1.59 bits per heavy atom. The second-order valence-electron chi connectivity index (χ2n) is 4.69. The summed E-state index contributed by atoms with van der Waals surface area (Å²) in [6, 6.07) is 3.28. The molecular formula is C15H24FN. The highest BCUT2D eigenvalue weighted by atomic mass is 19.1. The molecule has 17 heavy (non-hydrogen) atoms. The molecule has 0 fully saturated rings. The molecule has 1 heterocycles. The molecule has 0 bridgehead atoms. The predicted molar refractivity (Wildman–Crippen MR) is 70.5 cm³/mol. The highest BCUT2D eigenvalue weighted by Gasteiger charge is 1.96. The van der Waals surface area contributed by atoms with Gasteiger partial charge in [-0.15, -0.1) is 0 Å². The number of hydrogen-bond donors (Lipinski definition) is 0. The summed E-state index contributed by atoms with van der Waals surface area (Å²) in [4.78, 5) is 4.06. The quantitative estimate of drug-likeness (QED) is 0.556. The maximum absolute atomic E-state index is 12.6. The minimum Gasteiger partial charge on any atom is -0.258 e. The van der Waals surface area contributed by atoms with Gasteiger partial charge in [0, 0.05) is 5.69 Å². The highest BCUT2D eigenvalue weighted by Crippen LogP contribution is 2.10. The lowest BCUT2D eigenvalue weighted by molar-refractivity contribution is 0.572. The molecule has 0 atom stereocenters. The van der Waals surface area contributed by atoms with Crippen molar-refractivity contribution in [2.75, 3.05) is 0 Å². The number of halogens is 1. The Bertz CT molecular complexity index is 281. The fraction of sp³-hybridized carbons (Fsp3) is 0.667. The summed E-state index contributed by atoms with van der Waals surface area (Å²) in [5.74, 6) is -0.246. The smallest absolute Gasteiger partial charge is 0.141 e. The zero-order chi connectivity index (χ0) is 12.3. The molecule has 0 aliphatic carbocycles. The van der Waals surface area contributed by atoms with Crippen molar-refractivity contribution in [3.05, 3.63) is 29.8 Å². The van der Waals surface area contributed by atoms with E-state index in [1.807, 2.05) is 0 Å². The number of rotatable bonds is 9. The third-order valence-electron chi connectivity index (χ3n) is 3.08. The monoisotopic (exact) mass is 237 g/mol. The van der Waals surface area contributed by atoms with Crippen molar-refractivity contribution in [1.29, 1.82) is 0 Å². The third kappa shape index (κ3) is 7.09. The molecule has 0 N–H and O–H groups in total. The Balaban J connectivity index is 1.95. The van der Waals surface area contributed by atoms with Gasteiger partial charge in [-0.2, -0.15) is 0 Å². The van der Waals surface area contributed by atoms with Crippen molar-refractivity contribution in [1.82, 2.24) is 4.98 Å². The van der Waals surface area contributed by atoms with E-state index in [0.717, 1.165) is 12.1 Å². The van der Waals surface area contributed by atoms with E-state index in [-0.39, 0.29) is 5.82 Å².